The second-order valence-electron chi connectivity index (χ2n) is 6.42. The maximum Gasteiger partial charge on any atom is 0.0398 e. The first-order valence-corrected chi connectivity index (χ1v) is 8.60. The minimum Gasteiger partial charge on any atom is -0.368 e. The number of nitrogens with one attached hydrogen (secondary N) is 1. The number of hydrogen-bond donors (Lipinski definition) is 1. The first-order valence-electron chi connectivity index (χ1n) is 8.60. The van der Waals surface area contributed by atoms with Gasteiger partial charge in [0.05, 0.1) is 0 Å². The fourth-order valence-electron chi connectivity index (χ4n) is 2.99. The Bertz CT molecular complexity index is 408. The second kappa shape index (κ2) is 9.09. The van der Waals surface area contributed by atoms with Crippen molar-refractivity contribution in [2.45, 2.75) is 67.0 Å². The highest BCUT2D eigenvalue weighted by Crippen LogP contribution is 2.26. The van der Waals surface area contributed by atoms with Crippen LogP contribution in [0, 0.1) is 12.8 Å². The molecule has 0 unspecified atom stereocenters. The fraction of sp³-hybridized carbons (Fsp3) is 0.684. The second-order valence-corrected chi connectivity index (χ2v) is 6.42. The van der Waals surface area contributed by atoms with Crippen molar-refractivity contribution in [1.29, 1.82) is 0 Å². The summed E-state index contributed by atoms with van der Waals surface area (Å²) in [6, 6.07) is 7.59. The van der Waals surface area contributed by atoms with E-state index in [4.69, 9.17) is 0 Å². The molecule has 1 N–H and O–H groups in total. The smallest absolute Gasteiger partial charge is 0.0398 e. The summed E-state index contributed by atoms with van der Waals surface area (Å²) in [5, 5.41) is 3.40. The lowest BCUT2D eigenvalue weighted by atomic mass is 10.0. The van der Waals surface area contributed by atoms with Gasteiger partial charge in [0.15, 0.2) is 0 Å². The molecule has 0 amide bonds. The first kappa shape index (κ1) is 18.0. The van der Waals surface area contributed by atoms with E-state index in [2.05, 4.69) is 70.0 Å². The van der Waals surface area contributed by atoms with Crippen LogP contribution in [0.15, 0.2) is 18.2 Å². The van der Waals surface area contributed by atoms with Gasteiger partial charge in [-0.3, -0.25) is 0 Å². The van der Waals surface area contributed by atoms with Crippen LogP contribution in [-0.4, -0.2) is 19.1 Å². The summed E-state index contributed by atoms with van der Waals surface area (Å²) < 4.78 is 0. The van der Waals surface area contributed by atoms with E-state index in [1.165, 1.54) is 29.7 Å². The number of hydrogen-bond acceptors (Lipinski definition) is 2. The van der Waals surface area contributed by atoms with Gasteiger partial charge in [-0.15, -0.1) is 0 Å². The molecule has 0 atom stereocenters. The topological polar surface area (TPSA) is 15.3 Å². The van der Waals surface area contributed by atoms with Gasteiger partial charge < -0.3 is 10.2 Å². The molecule has 0 saturated heterocycles. The maximum absolute atomic E-state index is 3.40. The Kier molecular flexibility index (Phi) is 7.81. The van der Waals surface area contributed by atoms with Gasteiger partial charge in [0.25, 0.3) is 0 Å². The summed E-state index contributed by atoms with van der Waals surface area (Å²) in [7, 11) is 0. The molecule has 0 aromatic heterocycles. The van der Waals surface area contributed by atoms with Crippen molar-refractivity contribution < 1.29 is 0 Å². The zero-order valence-corrected chi connectivity index (χ0v) is 14.9. The third kappa shape index (κ3) is 5.35. The molecule has 120 valence electrons. The van der Waals surface area contributed by atoms with Gasteiger partial charge >= 0.3 is 0 Å². The molecular weight excluding hydrogens is 256 g/mol. The van der Waals surface area contributed by atoms with Crippen molar-refractivity contribution in [3.05, 3.63) is 29.3 Å². The van der Waals surface area contributed by atoms with E-state index < -0.39 is 0 Å². The van der Waals surface area contributed by atoms with Crippen molar-refractivity contribution in [3.63, 3.8) is 0 Å². The van der Waals surface area contributed by atoms with Crippen molar-refractivity contribution in [2.75, 3.05) is 18.0 Å². The van der Waals surface area contributed by atoms with E-state index in [9.17, 15) is 0 Å². The molecule has 1 aromatic rings. The fourth-order valence-corrected chi connectivity index (χ4v) is 2.99. The van der Waals surface area contributed by atoms with Crippen LogP contribution in [0.4, 0.5) is 5.69 Å². The molecule has 2 nitrogen and oxygen atoms in total. The van der Waals surface area contributed by atoms with Crippen LogP contribution in [-0.2, 0) is 6.54 Å². The van der Waals surface area contributed by atoms with Gasteiger partial charge in [0.1, 0.15) is 0 Å². The molecule has 1 rings (SSSR count). The van der Waals surface area contributed by atoms with Gasteiger partial charge in [-0.25, -0.2) is 0 Å². The normalized spacial score (nSPS) is 11.4. The summed E-state index contributed by atoms with van der Waals surface area (Å²) in [6.07, 6.45) is 2.42. The molecule has 0 fully saturated rings. The zero-order chi connectivity index (χ0) is 15.8. The highest BCUT2D eigenvalue weighted by Gasteiger charge is 2.18. The molecule has 0 saturated carbocycles. The van der Waals surface area contributed by atoms with Crippen molar-refractivity contribution >= 4 is 5.69 Å². The zero-order valence-electron chi connectivity index (χ0n) is 14.9. The van der Waals surface area contributed by atoms with Crippen LogP contribution in [0.2, 0.25) is 0 Å². The van der Waals surface area contributed by atoms with E-state index in [1.807, 2.05) is 0 Å². The van der Waals surface area contributed by atoms with Crippen LogP contribution < -0.4 is 10.2 Å². The Morgan fingerprint density at radius 2 is 1.76 bits per heavy atom. The average molecular weight is 290 g/mol. The molecule has 2 heteroatoms. The molecule has 0 bridgehead atoms. The summed E-state index contributed by atoms with van der Waals surface area (Å²) in [5.41, 5.74) is 4.20. The van der Waals surface area contributed by atoms with Crippen LogP contribution in [0.25, 0.3) is 0 Å². The van der Waals surface area contributed by atoms with E-state index in [-0.39, 0.29) is 0 Å². The van der Waals surface area contributed by atoms with Crippen LogP contribution in [0.5, 0.6) is 0 Å². The Hall–Kier alpha value is -1.02. The average Bonchev–Trinajstić information content (AvgIpc) is 2.45. The summed E-state index contributed by atoms with van der Waals surface area (Å²) in [5.74, 6) is 0.687. The number of rotatable bonds is 9. The number of aryl methyl sites for hydroxylation is 1. The Morgan fingerprint density at radius 3 is 2.24 bits per heavy atom. The SMILES string of the molecule is CCNCc1ccc(N(CC(C)C)C(CC)CC)c(C)c1. The van der Waals surface area contributed by atoms with Gasteiger partial charge in [0.2, 0.25) is 0 Å². The summed E-state index contributed by atoms with van der Waals surface area (Å²) >= 11 is 0. The van der Waals surface area contributed by atoms with E-state index in [0.29, 0.717) is 12.0 Å². The van der Waals surface area contributed by atoms with Gasteiger partial charge in [-0.2, -0.15) is 0 Å². The molecule has 0 spiro atoms. The monoisotopic (exact) mass is 290 g/mol. The molecule has 1 aromatic carbocycles. The molecule has 0 aliphatic rings. The summed E-state index contributed by atoms with van der Waals surface area (Å²) in [6.45, 7) is 16.8. The standard InChI is InChI=1S/C19H34N2/c1-7-18(8-2)21(14-15(4)5)19-11-10-17(12-16(19)6)13-20-9-3/h10-12,15,18,20H,7-9,13-14H2,1-6H3. The largest absolute Gasteiger partial charge is 0.368 e. The maximum atomic E-state index is 3.40. The van der Waals surface area contributed by atoms with Crippen molar-refractivity contribution in [3.8, 4) is 0 Å². The third-order valence-electron chi connectivity index (χ3n) is 4.09. The van der Waals surface area contributed by atoms with Gasteiger partial charge in [-0.1, -0.05) is 46.8 Å². The highest BCUT2D eigenvalue weighted by molar-refractivity contribution is 5.55. The molecule has 21 heavy (non-hydrogen) atoms. The van der Waals surface area contributed by atoms with Crippen LogP contribution in [0.1, 0.15) is 58.6 Å². The Balaban J connectivity index is 3.01. The van der Waals surface area contributed by atoms with E-state index in [1.54, 1.807) is 0 Å². The lowest BCUT2D eigenvalue weighted by molar-refractivity contribution is 0.507. The van der Waals surface area contributed by atoms with E-state index in [0.717, 1.165) is 19.6 Å². The van der Waals surface area contributed by atoms with Gasteiger partial charge in [-0.05, 0) is 49.4 Å². The van der Waals surface area contributed by atoms with Crippen LogP contribution in [0.3, 0.4) is 0 Å². The minimum absolute atomic E-state index is 0.644. The first-order chi connectivity index (χ1) is 10.0. The van der Waals surface area contributed by atoms with Crippen LogP contribution >= 0.6 is 0 Å². The Morgan fingerprint density at radius 1 is 1.10 bits per heavy atom. The minimum atomic E-state index is 0.644. The van der Waals surface area contributed by atoms with Gasteiger partial charge in [0, 0.05) is 24.8 Å². The number of anilines is 1. The van der Waals surface area contributed by atoms with Crippen molar-refractivity contribution in [2.24, 2.45) is 5.92 Å². The molecule has 0 radical (unpaired) electrons. The predicted octanol–water partition coefficient (Wildman–Crippen LogP) is 4.76. The van der Waals surface area contributed by atoms with E-state index >= 15 is 0 Å². The molecule has 0 aliphatic heterocycles. The molecular formula is C19H34N2. The third-order valence-corrected chi connectivity index (χ3v) is 4.09. The Labute approximate surface area is 131 Å². The summed E-state index contributed by atoms with van der Waals surface area (Å²) in [4.78, 5) is 2.62. The quantitative estimate of drug-likeness (QED) is 0.705. The number of nitrogens with zero attached hydrogens (tertiary/aromatic N) is 1. The van der Waals surface area contributed by atoms with Crippen molar-refractivity contribution in [1.82, 2.24) is 5.32 Å². The highest BCUT2D eigenvalue weighted by atomic mass is 15.2. The molecule has 0 aliphatic carbocycles. The molecule has 0 heterocycles. The lowest BCUT2D eigenvalue weighted by Gasteiger charge is -2.35. The predicted molar refractivity (Wildman–Crippen MR) is 95.1 cm³/mol. The lowest BCUT2D eigenvalue weighted by Crippen LogP contribution is -2.37. The number of benzene rings is 1.